The van der Waals surface area contributed by atoms with E-state index >= 15 is 0 Å². The third-order valence-corrected chi connectivity index (χ3v) is 1.88. The van der Waals surface area contributed by atoms with Gasteiger partial charge in [-0.25, -0.2) is 0 Å². The average Bonchev–Trinajstić information content (AvgIpc) is 1.80. The zero-order chi connectivity index (χ0) is 8.20. The number of rotatable bonds is 3. The summed E-state index contributed by atoms with van der Waals surface area (Å²) in [5.74, 6) is 0. The maximum Gasteiger partial charge on any atom is 0.292 e. The van der Waals surface area contributed by atoms with Gasteiger partial charge in [0.15, 0.2) is 0 Å². The normalized spacial score (nSPS) is 13.6. The minimum Gasteiger partial charge on any atom is -0.404 e. The Balaban J connectivity index is 4.41. The number of aliphatic hydroxyl groups excluding tert-OH is 1. The van der Waals surface area contributed by atoms with Crippen LogP contribution in [0.1, 0.15) is 6.42 Å². The van der Waals surface area contributed by atoms with Crippen molar-refractivity contribution in [3.8, 4) is 0 Å². The Labute approximate surface area is 58.9 Å². The third-order valence-electron chi connectivity index (χ3n) is 0.875. The number of hydrogen-bond donors (Lipinski definition) is 3. The maximum absolute atomic E-state index is 10.2. The van der Waals surface area contributed by atoms with Crippen molar-refractivity contribution < 1.29 is 18.1 Å². The predicted molar refractivity (Wildman–Crippen MR) is 35.5 cm³/mol. The summed E-state index contributed by atoms with van der Waals surface area (Å²) >= 11 is 0. The molecule has 0 unspecified atom stereocenters. The molecule has 0 radical (unpaired) electrons. The Morgan fingerprint density at radius 2 is 2.10 bits per heavy atom. The van der Waals surface area contributed by atoms with Crippen LogP contribution in [0.5, 0.6) is 0 Å². The highest BCUT2D eigenvalue weighted by atomic mass is 32.2. The molecule has 0 bridgehead atoms. The van der Waals surface area contributed by atoms with Crippen molar-refractivity contribution in [2.24, 2.45) is 5.73 Å². The maximum atomic E-state index is 10.2. The van der Waals surface area contributed by atoms with Gasteiger partial charge in [0.25, 0.3) is 10.1 Å². The molecule has 0 atom stereocenters. The molecule has 0 aliphatic heterocycles. The monoisotopic (exact) mass is 167 g/mol. The molecule has 0 fully saturated rings. The van der Waals surface area contributed by atoms with Crippen LogP contribution in [-0.4, -0.2) is 24.7 Å². The lowest BCUT2D eigenvalue weighted by Crippen LogP contribution is -2.05. The van der Waals surface area contributed by atoms with Crippen LogP contribution in [0.2, 0.25) is 0 Å². The van der Waals surface area contributed by atoms with E-state index in [4.69, 9.17) is 15.4 Å². The molecule has 0 aromatic heterocycles. The van der Waals surface area contributed by atoms with Crippen molar-refractivity contribution in [3.63, 3.8) is 0 Å². The van der Waals surface area contributed by atoms with Crippen LogP contribution in [0.25, 0.3) is 0 Å². The van der Waals surface area contributed by atoms with Gasteiger partial charge in [0.2, 0.25) is 0 Å². The summed E-state index contributed by atoms with van der Waals surface area (Å²) in [6.07, 6.45) is 0.598. The van der Waals surface area contributed by atoms with E-state index in [0.717, 1.165) is 6.20 Å². The van der Waals surface area contributed by atoms with E-state index in [0.29, 0.717) is 0 Å². The smallest absolute Gasteiger partial charge is 0.292 e. The van der Waals surface area contributed by atoms with Gasteiger partial charge in [0.05, 0.1) is 4.91 Å². The summed E-state index contributed by atoms with van der Waals surface area (Å²) in [5.41, 5.74) is 4.83. The summed E-state index contributed by atoms with van der Waals surface area (Å²) in [6.45, 7) is -0.358. The molecule has 0 aromatic carbocycles. The fourth-order valence-electron chi connectivity index (χ4n) is 0.408. The van der Waals surface area contributed by atoms with Crippen LogP contribution in [0.15, 0.2) is 11.1 Å². The topological polar surface area (TPSA) is 101 Å². The van der Waals surface area contributed by atoms with Crippen LogP contribution in [-0.2, 0) is 10.1 Å². The molecule has 0 amide bonds. The van der Waals surface area contributed by atoms with Crippen molar-refractivity contribution in [3.05, 3.63) is 11.1 Å². The van der Waals surface area contributed by atoms with E-state index in [1.54, 1.807) is 0 Å². The van der Waals surface area contributed by atoms with Gasteiger partial charge < -0.3 is 10.8 Å². The predicted octanol–water partition coefficient (Wildman–Crippen LogP) is -0.943. The minimum absolute atomic E-state index is 0.157. The lowest BCUT2D eigenvalue weighted by Gasteiger charge is -1.97. The molecule has 60 valence electrons. The summed E-state index contributed by atoms with van der Waals surface area (Å²) < 4.78 is 28.8. The molecule has 0 aliphatic rings. The second kappa shape index (κ2) is 3.55. The molecule has 4 N–H and O–H groups in total. The van der Waals surface area contributed by atoms with Crippen molar-refractivity contribution in [1.29, 1.82) is 0 Å². The van der Waals surface area contributed by atoms with Gasteiger partial charge in [-0.15, -0.1) is 0 Å². The summed E-state index contributed by atoms with van der Waals surface area (Å²) in [5, 5.41) is 8.26. The third kappa shape index (κ3) is 2.81. The van der Waals surface area contributed by atoms with Crippen LogP contribution in [0.3, 0.4) is 0 Å². The highest BCUT2D eigenvalue weighted by molar-refractivity contribution is 7.89. The van der Waals surface area contributed by atoms with Gasteiger partial charge in [-0.1, -0.05) is 0 Å². The standard InChI is InChI=1S/C4H9NO4S/c5-3-4(1-2-6)10(7,8)9/h3,6H,1-2,5H2,(H,7,8,9). The molecular formula is C4H9NO4S. The molecule has 0 heterocycles. The minimum atomic E-state index is -4.20. The SMILES string of the molecule is NC=C(CCO)S(=O)(=O)O. The number of aliphatic hydroxyl groups is 1. The average molecular weight is 167 g/mol. The number of hydrogen-bond acceptors (Lipinski definition) is 4. The lowest BCUT2D eigenvalue weighted by atomic mass is 10.4. The molecule has 10 heavy (non-hydrogen) atoms. The van der Waals surface area contributed by atoms with E-state index in [-0.39, 0.29) is 17.9 Å². The Hall–Kier alpha value is -0.590. The Morgan fingerprint density at radius 3 is 2.20 bits per heavy atom. The van der Waals surface area contributed by atoms with E-state index in [1.807, 2.05) is 0 Å². The zero-order valence-electron chi connectivity index (χ0n) is 5.19. The van der Waals surface area contributed by atoms with E-state index in [1.165, 1.54) is 0 Å². The highest BCUT2D eigenvalue weighted by Gasteiger charge is 2.11. The molecule has 0 saturated heterocycles. The van der Waals surface area contributed by atoms with Crippen molar-refractivity contribution >= 4 is 10.1 Å². The second-order valence-electron chi connectivity index (χ2n) is 1.58. The van der Waals surface area contributed by atoms with Gasteiger partial charge in [0.1, 0.15) is 0 Å². The molecule has 0 spiro atoms. The molecule has 0 saturated carbocycles. The molecule has 5 nitrogen and oxygen atoms in total. The summed E-state index contributed by atoms with van der Waals surface area (Å²) in [7, 11) is -4.20. The van der Waals surface area contributed by atoms with Gasteiger partial charge in [-0.3, -0.25) is 4.55 Å². The van der Waals surface area contributed by atoms with Gasteiger partial charge in [-0.05, 0) is 0 Å². The van der Waals surface area contributed by atoms with Crippen LogP contribution >= 0.6 is 0 Å². The van der Waals surface area contributed by atoms with Gasteiger partial charge >= 0.3 is 0 Å². The lowest BCUT2D eigenvalue weighted by molar-refractivity contribution is 0.300. The first kappa shape index (κ1) is 9.41. The molecule has 6 heteroatoms. The molecular weight excluding hydrogens is 158 g/mol. The van der Waals surface area contributed by atoms with E-state index in [2.05, 4.69) is 0 Å². The summed E-state index contributed by atoms with van der Waals surface area (Å²) in [4.78, 5) is -0.366. The fraction of sp³-hybridized carbons (Fsp3) is 0.500. The molecule has 0 rings (SSSR count). The Bertz CT molecular complexity index is 217. The van der Waals surface area contributed by atoms with Gasteiger partial charge in [-0.2, -0.15) is 8.42 Å². The van der Waals surface area contributed by atoms with Crippen molar-refractivity contribution in [2.45, 2.75) is 6.42 Å². The molecule has 0 aliphatic carbocycles. The largest absolute Gasteiger partial charge is 0.404 e. The molecule has 0 aromatic rings. The van der Waals surface area contributed by atoms with Gasteiger partial charge in [0, 0.05) is 19.2 Å². The van der Waals surface area contributed by atoms with Crippen LogP contribution < -0.4 is 5.73 Å². The van der Waals surface area contributed by atoms with E-state index in [9.17, 15) is 8.42 Å². The fourth-order valence-corrected chi connectivity index (χ4v) is 0.930. The van der Waals surface area contributed by atoms with Crippen molar-refractivity contribution in [2.75, 3.05) is 6.61 Å². The summed E-state index contributed by atoms with van der Waals surface area (Å²) in [6, 6.07) is 0. The second-order valence-corrected chi connectivity index (χ2v) is 3.06. The highest BCUT2D eigenvalue weighted by Crippen LogP contribution is 2.05. The van der Waals surface area contributed by atoms with Crippen LogP contribution in [0, 0.1) is 0 Å². The zero-order valence-corrected chi connectivity index (χ0v) is 6.00. The quantitative estimate of drug-likeness (QED) is 0.471. The number of nitrogens with two attached hydrogens (primary N) is 1. The Kier molecular flexibility index (Phi) is 3.34. The van der Waals surface area contributed by atoms with E-state index < -0.39 is 10.1 Å². The van der Waals surface area contributed by atoms with Crippen LogP contribution in [0.4, 0.5) is 0 Å². The first-order chi connectivity index (χ1) is 4.52. The Morgan fingerprint density at radius 1 is 1.60 bits per heavy atom. The van der Waals surface area contributed by atoms with Crippen molar-refractivity contribution in [1.82, 2.24) is 0 Å². The first-order valence-electron chi connectivity index (χ1n) is 2.51. The first-order valence-corrected chi connectivity index (χ1v) is 3.95.